The second-order valence-electron chi connectivity index (χ2n) is 5.73. The van der Waals surface area contributed by atoms with Gasteiger partial charge in [0.05, 0.1) is 22.9 Å². The molecule has 0 aliphatic carbocycles. The molecule has 140 valence electrons. The zero-order valence-electron chi connectivity index (χ0n) is 14.2. The van der Waals surface area contributed by atoms with Gasteiger partial charge < -0.3 is 10.1 Å². The minimum absolute atomic E-state index is 0.0298. The molecule has 3 nitrogen and oxygen atoms in total. The van der Waals surface area contributed by atoms with Crippen LogP contribution >= 0.6 is 11.6 Å². The Morgan fingerprint density at radius 1 is 1.12 bits per heavy atom. The Bertz CT molecular complexity index is 745. The van der Waals surface area contributed by atoms with Crippen molar-refractivity contribution < 1.29 is 22.7 Å². The maximum absolute atomic E-state index is 12.8. The van der Waals surface area contributed by atoms with Gasteiger partial charge in [-0.25, -0.2) is 0 Å². The fraction of sp³-hybridized carbons (Fsp3) is 0.316. The van der Waals surface area contributed by atoms with E-state index in [0.29, 0.717) is 17.9 Å². The van der Waals surface area contributed by atoms with Gasteiger partial charge in [0.2, 0.25) is 0 Å². The van der Waals surface area contributed by atoms with Crippen LogP contribution in [0.4, 0.5) is 18.9 Å². The average molecular weight is 386 g/mol. The van der Waals surface area contributed by atoms with Crippen molar-refractivity contribution >= 4 is 23.2 Å². The molecule has 2 aromatic carbocycles. The molecule has 0 fully saturated rings. The Balaban J connectivity index is 2.03. The van der Waals surface area contributed by atoms with Gasteiger partial charge in [-0.3, -0.25) is 4.79 Å². The number of nitrogens with one attached hydrogen (secondary N) is 1. The van der Waals surface area contributed by atoms with Gasteiger partial charge in [-0.1, -0.05) is 31.4 Å². The van der Waals surface area contributed by atoms with Gasteiger partial charge in [-0.15, -0.1) is 0 Å². The summed E-state index contributed by atoms with van der Waals surface area (Å²) in [5, 5.41) is 2.44. The van der Waals surface area contributed by atoms with Crippen LogP contribution in [0.5, 0.6) is 5.75 Å². The van der Waals surface area contributed by atoms with Crippen molar-refractivity contribution in [2.45, 2.75) is 32.4 Å². The van der Waals surface area contributed by atoms with Crippen molar-refractivity contribution in [2.24, 2.45) is 0 Å². The van der Waals surface area contributed by atoms with Gasteiger partial charge in [0, 0.05) is 5.56 Å². The molecule has 1 amide bonds. The second kappa shape index (κ2) is 8.94. The fourth-order valence-electron chi connectivity index (χ4n) is 2.24. The fourth-order valence-corrected chi connectivity index (χ4v) is 2.40. The third kappa shape index (κ3) is 5.66. The Kier molecular flexibility index (Phi) is 6.91. The molecule has 26 heavy (non-hydrogen) atoms. The van der Waals surface area contributed by atoms with Crippen LogP contribution in [0.3, 0.4) is 0 Å². The summed E-state index contributed by atoms with van der Waals surface area (Å²) < 4.78 is 43.9. The molecule has 0 bridgehead atoms. The summed E-state index contributed by atoms with van der Waals surface area (Å²) in [7, 11) is 0. The Hall–Kier alpha value is -2.21. The van der Waals surface area contributed by atoms with Gasteiger partial charge in [0.25, 0.3) is 5.91 Å². The highest BCUT2D eigenvalue weighted by Gasteiger charge is 2.31. The standard InChI is InChI=1S/C19H19ClF3NO2/c1-2-3-4-11-26-15-8-5-13(6-9-15)18(25)24-17-12-14(19(21,22)23)7-10-16(17)20/h5-10,12H,2-4,11H2,1H3,(H,24,25). The van der Waals surface area contributed by atoms with E-state index in [1.165, 1.54) is 0 Å². The van der Waals surface area contributed by atoms with Crippen LogP contribution in [-0.4, -0.2) is 12.5 Å². The predicted molar refractivity (Wildman–Crippen MR) is 95.9 cm³/mol. The summed E-state index contributed by atoms with van der Waals surface area (Å²) in [6, 6.07) is 9.17. The van der Waals surface area contributed by atoms with Crippen molar-refractivity contribution in [3.63, 3.8) is 0 Å². The van der Waals surface area contributed by atoms with Gasteiger partial charge in [-0.05, 0) is 48.9 Å². The molecule has 0 aliphatic rings. The molecule has 0 aromatic heterocycles. The summed E-state index contributed by atoms with van der Waals surface area (Å²) in [6.45, 7) is 2.70. The number of carbonyl (C=O) groups is 1. The van der Waals surface area contributed by atoms with Crippen molar-refractivity contribution in [3.05, 3.63) is 58.6 Å². The number of hydrogen-bond acceptors (Lipinski definition) is 2. The molecule has 2 aromatic rings. The molecule has 0 spiro atoms. The van der Waals surface area contributed by atoms with E-state index in [4.69, 9.17) is 16.3 Å². The molecule has 0 saturated carbocycles. The van der Waals surface area contributed by atoms with E-state index in [0.717, 1.165) is 37.5 Å². The van der Waals surface area contributed by atoms with Crippen LogP contribution in [0, 0.1) is 0 Å². The molecule has 0 unspecified atom stereocenters. The lowest BCUT2D eigenvalue weighted by Crippen LogP contribution is -2.13. The van der Waals surface area contributed by atoms with E-state index in [1.54, 1.807) is 24.3 Å². The normalized spacial score (nSPS) is 11.3. The van der Waals surface area contributed by atoms with Crippen LogP contribution in [0.2, 0.25) is 5.02 Å². The highest BCUT2D eigenvalue weighted by molar-refractivity contribution is 6.34. The van der Waals surface area contributed by atoms with Crippen molar-refractivity contribution in [3.8, 4) is 5.75 Å². The molecule has 7 heteroatoms. The number of unbranched alkanes of at least 4 members (excludes halogenated alkanes) is 2. The number of rotatable bonds is 7. The van der Waals surface area contributed by atoms with Gasteiger partial charge in [0.15, 0.2) is 0 Å². The largest absolute Gasteiger partial charge is 0.494 e. The van der Waals surface area contributed by atoms with Crippen molar-refractivity contribution in [2.75, 3.05) is 11.9 Å². The maximum atomic E-state index is 12.8. The maximum Gasteiger partial charge on any atom is 0.416 e. The number of alkyl halides is 3. The third-order valence-corrected chi connectivity index (χ3v) is 4.00. The van der Waals surface area contributed by atoms with Crippen LogP contribution in [-0.2, 0) is 6.18 Å². The highest BCUT2D eigenvalue weighted by Crippen LogP contribution is 2.34. The number of ether oxygens (including phenoxy) is 1. The lowest BCUT2D eigenvalue weighted by Gasteiger charge is -2.12. The minimum Gasteiger partial charge on any atom is -0.494 e. The predicted octanol–water partition coefficient (Wildman–Crippen LogP) is 6.18. The van der Waals surface area contributed by atoms with E-state index in [9.17, 15) is 18.0 Å². The lowest BCUT2D eigenvalue weighted by molar-refractivity contribution is -0.137. The van der Waals surface area contributed by atoms with Gasteiger partial charge >= 0.3 is 6.18 Å². The SMILES string of the molecule is CCCCCOc1ccc(C(=O)Nc2cc(C(F)(F)F)ccc2Cl)cc1. The first-order valence-corrected chi connectivity index (χ1v) is 8.60. The smallest absolute Gasteiger partial charge is 0.416 e. The molecule has 0 atom stereocenters. The zero-order chi connectivity index (χ0) is 19.2. The van der Waals surface area contributed by atoms with Gasteiger partial charge in [-0.2, -0.15) is 13.2 Å². The molecular weight excluding hydrogens is 367 g/mol. The average Bonchev–Trinajstić information content (AvgIpc) is 2.60. The van der Waals surface area contributed by atoms with Crippen molar-refractivity contribution in [1.29, 1.82) is 0 Å². The monoisotopic (exact) mass is 385 g/mol. The summed E-state index contributed by atoms with van der Waals surface area (Å²) in [5.74, 6) is 0.0820. The minimum atomic E-state index is -4.51. The summed E-state index contributed by atoms with van der Waals surface area (Å²) in [4.78, 5) is 12.2. The first-order chi connectivity index (χ1) is 12.3. The van der Waals surface area contributed by atoms with Gasteiger partial charge in [0.1, 0.15) is 5.75 Å². The number of halogens is 4. The second-order valence-corrected chi connectivity index (χ2v) is 6.13. The molecule has 0 saturated heterocycles. The summed E-state index contributed by atoms with van der Waals surface area (Å²) >= 11 is 5.88. The molecular formula is C19H19ClF3NO2. The van der Waals surface area contributed by atoms with Crippen molar-refractivity contribution in [1.82, 2.24) is 0 Å². The Labute approximate surface area is 155 Å². The number of benzene rings is 2. The van der Waals surface area contributed by atoms with Crippen LogP contribution in [0.1, 0.15) is 42.1 Å². The Morgan fingerprint density at radius 3 is 2.42 bits per heavy atom. The first kappa shape index (κ1) is 20.1. The van der Waals surface area contributed by atoms with E-state index >= 15 is 0 Å². The van der Waals surface area contributed by atoms with Crippen LogP contribution in [0.25, 0.3) is 0 Å². The third-order valence-electron chi connectivity index (χ3n) is 3.68. The number of anilines is 1. The van der Waals surface area contributed by atoms with E-state index in [-0.39, 0.29) is 10.7 Å². The zero-order valence-corrected chi connectivity index (χ0v) is 15.0. The number of carbonyl (C=O) groups excluding carboxylic acids is 1. The number of hydrogen-bond donors (Lipinski definition) is 1. The van der Waals surface area contributed by atoms with E-state index in [1.807, 2.05) is 0 Å². The van der Waals surface area contributed by atoms with Crippen LogP contribution < -0.4 is 10.1 Å². The van der Waals surface area contributed by atoms with E-state index < -0.39 is 17.6 Å². The molecule has 0 radical (unpaired) electrons. The lowest BCUT2D eigenvalue weighted by atomic mass is 10.1. The quantitative estimate of drug-likeness (QED) is 0.578. The summed E-state index contributed by atoms with van der Waals surface area (Å²) in [5.41, 5.74) is -0.682. The molecule has 2 rings (SSSR count). The van der Waals surface area contributed by atoms with Crippen LogP contribution in [0.15, 0.2) is 42.5 Å². The molecule has 0 heterocycles. The first-order valence-electron chi connectivity index (χ1n) is 8.22. The Morgan fingerprint density at radius 2 is 1.81 bits per heavy atom. The molecule has 0 aliphatic heterocycles. The highest BCUT2D eigenvalue weighted by atomic mass is 35.5. The molecule has 1 N–H and O–H groups in total. The van der Waals surface area contributed by atoms with E-state index in [2.05, 4.69) is 12.2 Å². The summed E-state index contributed by atoms with van der Waals surface area (Å²) in [6.07, 6.45) is -1.38. The number of amides is 1. The topological polar surface area (TPSA) is 38.3 Å².